The van der Waals surface area contributed by atoms with Crippen molar-refractivity contribution in [3.63, 3.8) is 0 Å². The van der Waals surface area contributed by atoms with Crippen LogP contribution in [-0.2, 0) is 18.3 Å². The minimum Gasteiger partial charge on any atom is -0.390 e. The summed E-state index contributed by atoms with van der Waals surface area (Å²) < 4.78 is 0. The molecule has 0 bridgehead atoms. The van der Waals surface area contributed by atoms with Crippen LogP contribution < -0.4 is 0 Å². The fraction of sp³-hybridized carbons (Fsp3) is 0.727. The molecular weight excluding hydrogens is 280 g/mol. The lowest BCUT2D eigenvalue weighted by Crippen LogP contribution is -2.25. The molecule has 1 aromatic rings. The molecule has 0 radical (unpaired) electrons. The fourth-order valence-corrected chi connectivity index (χ4v) is 4.06. The summed E-state index contributed by atoms with van der Waals surface area (Å²) in [4.78, 5) is 0. The van der Waals surface area contributed by atoms with Crippen molar-refractivity contribution in [2.24, 2.45) is 0 Å². The third-order valence-corrected chi connectivity index (χ3v) is 6.27. The summed E-state index contributed by atoms with van der Waals surface area (Å²) in [6.07, 6.45) is 9.08. The van der Waals surface area contributed by atoms with Crippen molar-refractivity contribution < 1.29 is 5.11 Å². The third-order valence-electron chi connectivity index (χ3n) is 6.27. The van der Waals surface area contributed by atoms with Gasteiger partial charge in [-0.1, -0.05) is 33.3 Å². The van der Waals surface area contributed by atoms with Crippen molar-refractivity contribution in [2.45, 2.75) is 104 Å². The predicted octanol–water partition coefficient (Wildman–Crippen LogP) is 5.79. The summed E-state index contributed by atoms with van der Waals surface area (Å²) >= 11 is 0. The van der Waals surface area contributed by atoms with E-state index < -0.39 is 5.60 Å². The van der Waals surface area contributed by atoms with E-state index >= 15 is 0 Å². The monoisotopic (exact) mass is 316 g/mol. The molecule has 1 heteroatoms. The summed E-state index contributed by atoms with van der Waals surface area (Å²) in [5.41, 5.74) is 7.64. The highest BCUT2D eigenvalue weighted by atomic mass is 16.3. The van der Waals surface area contributed by atoms with E-state index in [1.165, 1.54) is 42.4 Å². The molecule has 0 fully saturated rings. The molecule has 0 spiro atoms. The number of aryl methyl sites for hydroxylation is 1. The molecule has 0 aromatic heterocycles. The van der Waals surface area contributed by atoms with E-state index in [1.54, 1.807) is 11.1 Å². The van der Waals surface area contributed by atoms with Gasteiger partial charge in [0.25, 0.3) is 0 Å². The minimum absolute atomic E-state index is 0.326. The first kappa shape index (κ1) is 18.5. The van der Waals surface area contributed by atoms with Gasteiger partial charge in [0, 0.05) is 0 Å². The summed E-state index contributed by atoms with van der Waals surface area (Å²) in [6, 6.07) is 2.51. The highest BCUT2D eigenvalue weighted by Gasteiger charge is 2.29. The quantitative estimate of drug-likeness (QED) is 0.658. The van der Waals surface area contributed by atoms with Crippen LogP contribution in [0.4, 0.5) is 0 Å². The molecule has 1 aliphatic carbocycles. The van der Waals surface area contributed by atoms with Gasteiger partial charge in [-0.3, -0.25) is 0 Å². The number of benzene rings is 1. The lowest BCUT2D eigenvalue weighted by molar-refractivity contribution is 0.0444. The van der Waals surface area contributed by atoms with Gasteiger partial charge >= 0.3 is 0 Å². The van der Waals surface area contributed by atoms with Crippen molar-refractivity contribution in [1.29, 1.82) is 0 Å². The fourth-order valence-electron chi connectivity index (χ4n) is 4.06. The van der Waals surface area contributed by atoms with Crippen LogP contribution in [0.2, 0.25) is 0 Å². The van der Waals surface area contributed by atoms with E-state index in [1.807, 2.05) is 6.92 Å². The van der Waals surface area contributed by atoms with Crippen LogP contribution in [0.1, 0.15) is 94.0 Å². The van der Waals surface area contributed by atoms with E-state index in [0.717, 1.165) is 25.7 Å². The number of hydrogen-bond acceptors (Lipinski definition) is 1. The Balaban J connectivity index is 2.13. The molecule has 0 unspecified atom stereocenters. The maximum Gasteiger partial charge on any atom is 0.0617 e. The van der Waals surface area contributed by atoms with Crippen molar-refractivity contribution in [3.8, 4) is 0 Å². The van der Waals surface area contributed by atoms with Crippen molar-refractivity contribution in [1.82, 2.24) is 0 Å². The summed E-state index contributed by atoms with van der Waals surface area (Å²) in [7, 11) is 0. The van der Waals surface area contributed by atoms with Crippen LogP contribution >= 0.6 is 0 Å². The van der Waals surface area contributed by atoms with Gasteiger partial charge in [0.15, 0.2) is 0 Å². The van der Waals surface area contributed by atoms with Crippen LogP contribution in [0.15, 0.2) is 6.07 Å². The van der Waals surface area contributed by atoms with Gasteiger partial charge in [-0.15, -0.1) is 0 Å². The molecule has 1 aromatic carbocycles. The highest BCUT2D eigenvalue weighted by molar-refractivity contribution is 5.49. The van der Waals surface area contributed by atoms with Crippen LogP contribution in [0.3, 0.4) is 0 Å². The molecule has 1 nitrogen and oxygen atoms in total. The van der Waals surface area contributed by atoms with Crippen LogP contribution in [-0.4, -0.2) is 10.7 Å². The summed E-state index contributed by atoms with van der Waals surface area (Å²) in [5, 5.41) is 10.1. The Morgan fingerprint density at radius 3 is 2.52 bits per heavy atom. The Morgan fingerprint density at radius 2 is 1.87 bits per heavy atom. The molecule has 0 saturated carbocycles. The lowest BCUT2D eigenvalue weighted by atomic mass is 9.70. The standard InChI is InChI=1S/C22H36O/c1-7-22(6,23)14-9-8-11-18-15-20-19(17(3)16(18)2)12-10-13-21(20,4)5/h15,23H,7-14H2,1-6H3/t22-/m0/s1. The number of hydrogen-bond donors (Lipinski definition) is 1. The van der Waals surface area contributed by atoms with Gasteiger partial charge in [-0.05, 0) is 98.9 Å². The molecular formula is C22H36O. The second-order valence-corrected chi connectivity index (χ2v) is 8.61. The normalized spacial score (nSPS) is 19.3. The topological polar surface area (TPSA) is 20.2 Å². The number of fused-ring (bicyclic) bond motifs is 1. The number of unbranched alkanes of at least 4 members (excludes halogenated alkanes) is 1. The first-order chi connectivity index (χ1) is 10.7. The highest BCUT2D eigenvalue weighted by Crippen LogP contribution is 2.40. The van der Waals surface area contributed by atoms with Gasteiger partial charge in [0.2, 0.25) is 0 Å². The van der Waals surface area contributed by atoms with Gasteiger partial charge in [-0.2, -0.15) is 0 Å². The minimum atomic E-state index is -0.483. The van der Waals surface area contributed by atoms with Crippen LogP contribution in [0.25, 0.3) is 0 Å². The van der Waals surface area contributed by atoms with Gasteiger partial charge in [0.1, 0.15) is 0 Å². The Bertz CT molecular complexity index is 552. The largest absolute Gasteiger partial charge is 0.390 e. The van der Waals surface area contributed by atoms with Crippen LogP contribution in [0.5, 0.6) is 0 Å². The maximum atomic E-state index is 10.1. The molecule has 1 N–H and O–H groups in total. The predicted molar refractivity (Wildman–Crippen MR) is 100 cm³/mol. The van der Waals surface area contributed by atoms with Gasteiger partial charge in [-0.25, -0.2) is 0 Å². The zero-order valence-corrected chi connectivity index (χ0v) is 16.2. The second kappa shape index (κ2) is 6.97. The van der Waals surface area contributed by atoms with E-state index in [9.17, 15) is 5.11 Å². The summed E-state index contributed by atoms with van der Waals surface area (Å²) in [5.74, 6) is 0. The number of rotatable bonds is 6. The maximum absolute atomic E-state index is 10.1. The Hall–Kier alpha value is -0.820. The molecule has 0 heterocycles. The first-order valence-electron chi connectivity index (χ1n) is 9.53. The molecule has 1 aliphatic rings. The molecule has 23 heavy (non-hydrogen) atoms. The summed E-state index contributed by atoms with van der Waals surface area (Å²) in [6.45, 7) is 13.5. The Kier molecular flexibility index (Phi) is 5.61. The zero-order chi connectivity index (χ0) is 17.3. The Morgan fingerprint density at radius 1 is 1.17 bits per heavy atom. The van der Waals surface area contributed by atoms with E-state index in [4.69, 9.17) is 0 Å². The second-order valence-electron chi connectivity index (χ2n) is 8.61. The molecule has 0 amide bonds. The molecule has 2 rings (SSSR count). The molecule has 1 atom stereocenters. The third kappa shape index (κ3) is 4.18. The first-order valence-corrected chi connectivity index (χ1v) is 9.53. The average Bonchev–Trinajstić information content (AvgIpc) is 2.48. The van der Waals surface area contributed by atoms with Crippen LogP contribution in [0, 0.1) is 13.8 Å². The van der Waals surface area contributed by atoms with Crippen molar-refractivity contribution in [2.75, 3.05) is 0 Å². The zero-order valence-electron chi connectivity index (χ0n) is 16.2. The smallest absolute Gasteiger partial charge is 0.0617 e. The average molecular weight is 317 g/mol. The van der Waals surface area contributed by atoms with Gasteiger partial charge in [0.05, 0.1) is 5.60 Å². The van der Waals surface area contributed by atoms with Gasteiger partial charge < -0.3 is 5.11 Å². The Labute approximate surface area is 143 Å². The van der Waals surface area contributed by atoms with E-state index in [2.05, 4.69) is 40.7 Å². The van der Waals surface area contributed by atoms with Crippen molar-refractivity contribution in [3.05, 3.63) is 33.9 Å². The molecule has 130 valence electrons. The molecule has 0 saturated heterocycles. The number of aliphatic hydroxyl groups is 1. The van der Waals surface area contributed by atoms with Crippen molar-refractivity contribution >= 4 is 0 Å². The molecule has 0 aliphatic heterocycles. The SMILES string of the molecule is CC[C@](C)(O)CCCCc1cc2c(c(C)c1C)CCCC2(C)C. The lowest BCUT2D eigenvalue weighted by Gasteiger charge is -2.35. The van der Waals surface area contributed by atoms with E-state index in [-0.39, 0.29) is 0 Å². The van der Waals surface area contributed by atoms with E-state index in [0.29, 0.717) is 5.41 Å².